The van der Waals surface area contributed by atoms with Gasteiger partial charge in [-0.15, -0.1) is 0 Å². The second-order valence-electron chi connectivity index (χ2n) is 4.24. The lowest BCUT2D eigenvalue weighted by atomic mass is 9.80. The summed E-state index contributed by atoms with van der Waals surface area (Å²) in [5, 5.41) is 26.5. The lowest BCUT2D eigenvalue weighted by molar-refractivity contribution is 0.298. The third-order valence-electron chi connectivity index (χ3n) is 2.84. The Labute approximate surface area is 120 Å². The molecule has 0 spiro atoms. The maximum absolute atomic E-state index is 13.8. The van der Waals surface area contributed by atoms with Crippen molar-refractivity contribution in [3.8, 4) is 11.8 Å². The summed E-state index contributed by atoms with van der Waals surface area (Å²) in [7, 11) is -1.91. The molecule has 2 rings (SSSR count). The Bertz CT molecular complexity index is 701. The van der Waals surface area contributed by atoms with Crippen molar-refractivity contribution in [3.05, 3.63) is 59.2 Å². The summed E-state index contributed by atoms with van der Waals surface area (Å²) >= 11 is 0. The van der Waals surface area contributed by atoms with E-state index in [0.29, 0.717) is 0 Å². The van der Waals surface area contributed by atoms with Gasteiger partial charge >= 0.3 is 7.12 Å². The van der Waals surface area contributed by atoms with E-state index in [9.17, 15) is 8.78 Å². The molecule has 0 unspecified atom stereocenters. The number of halogens is 2. The fraction of sp³-hybridized carbons (Fsp3) is 0.0714. The number of benzene rings is 2. The summed E-state index contributed by atoms with van der Waals surface area (Å²) < 4.78 is 32.5. The Morgan fingerprint density at radius 3 is 2.57 bits per heavy atom. The molecule has 2 aromatic rings. The highest BCUT2D eigenvalue weighted by Crippen LogP contribution is 2.17. The van der Waals surface area contributed by atoms with Crippen LogP contribution >= 0.6 is 0 Å². The number of nitriles is 1. The minimum absolute atomic E-state index is 0.0963. The maximum Gasteiger partial charge on any atom is 0.491 e. The van der Waals surface area contributed by atoms with Crippen LogP contribution in [-0.2, 0) is 6.61 Å². The zero-order valence-corrected chi connectivity index (χ0v) is 10.8. The first-order valence-electron chi connectivity index (χ1n) is 5.99. The van der Waals surface area contributed by atoms with Crippen molar-refractivity contribution in [3.63, 3.8) is 0 Å². The molecule has 7 heteroatoms. The highest BCUT2D eigenvalue weighted by Gasteiger charge is 2.17. The van der Waals surface area contributed by atoms with E-state index in [1.165, 1.54) is 24.3 Å². The first-order valence-corrected chi connectivity index (χ1v) is 5.99. The molecule has 0 fully saturated rings. The van der Waals surface area contributed by atoms with Gasteiger partial charge in [0.15, 0.2) is 0 Å². The molecule has 2 N–H and O–H groups in total. The van der Waals surface area contributed by atoms with Crippen LogP contribution in [0.3, 0.4) is 0 Å². The number of rotatable bonds is 4. The van der Waals surface area contributed by atoms with Crippen LogP contribution in [0.25, 0.3) is 0 Å². The fourth-order valence-electron chi connectivity index (χ4n) is 1.75. The number of hydrogen-bond acceptors (Lipinski definition) is 4. The lowest BCUT2D eigenvalue weighted by Gasteiger charge is -2.09. The van der Waals surface area contributed by atoms with Crippen molar-refractivity contribution in [1.82, 2.24) is 0 Å². The van der Waals surface area contributed by atoms with Gasteiger partial charge in [-0.25, -0.2) is 8.78 Å². The molecule has 2 aromatic carbocycles. The zero-order valence-electron chi connectivity index (χ0n) is 10.8. The molecule has 0 aliphatic carbocycles. The SMILES string of the molecule is N#Cc1cccc(COc2ccc(B(O)O)c(F)c2)c1F. The Kier molecular flexibility index (Phi) is 4.53. The van der Waals surface area contributed by atoms with E-state index in [1.807, 2.05) is 0 Å². The molecule has 0 amide bonds. The van der Waals surface area contributed by atoms with Crippen LogP contribution in [-0.4, -0.2) is 17.2 Å². The smallest absolute Gasteiger partial charge is 0.489 e. The normalized spacial score (nSPS) is 10.0. The van der Waals surface area contributed by atoms with Crippen LogP contribution < -0.4 is 10.2 Å². The molecule has 0 aromatic heterocycles. The lowest BCUT2D eigenvalue weighted by Crippen LogP contribution is -2.32. The fourth-order valence-corrected chi connectivity index (χ4v) is 1.75. The number of ether oxygens (including phenoxy) is 1. The first kappa shape index (κ1) is 15.0. The van der Waals surface area contributed by atoms with Gasteiger partial charge in [0, 0.05) is 17.1 Å². The minimum atomic E-state index is -1.91. The van der Waals surface area contributed by atoms with Crippen molar-refractivity contribution in [2.75, 3.05) is 0 Å². The highest BCUT2D eigenvalue weighted by molar-refractivity contribution is 6.58. The average molecular weight is 289 g/mol. The van der Waals surface area contributed by atoms with Crippen molar-refractivity contribution in [1.29, 1.82) is 5.26 Å². The molecular weight excluding hydrogens is 279 g/mol. The van der Waals surface area contributed by atoms with Gasteiger partial charge in [-0.05, 0) is 12.1 Å². The Balaban J connectivity index is 2.14. The molecule has 0 saturated heterocycles. The molecule has 0 saturated carbocycles. The van der Waals surface area contributed by atoms with Crippen molar-refractivity contribution in [2.45, 2.75) is 6.61 Å². The van der Waals surface area contributed by atoms with Gasteiger partial charge < -0.3 is 14.8 Å². The standard InChI is InChI=1S/C14H10BF2NO3/c16-13-6-11(4-5-12(13)15(19)20)21-8-10-3-1-2-9(7-18)14(10)17/h1-6,19-20H,8H2. The van der Waals surface area contributed by atoms with Crippen LogP contribution in [0.2, 0.25) is 0 Å². The third-order valence-corrected chi connectivity index (χ3v) is 2.84. The Hall–Kier alpha value is -2.43. The topological polar surface area (TPSA) is 73.5 Å². The van der Waals surface area contributed by atoms with E-state index in [4.69, 9.17) is 20.0 Å². The Morgan fingerprint density at radius 2 is 1.95 bits per heavy atom. The van der Waals surface area contributed by atoms with E-state index < -0.39 is 18.8 Å². The first-order chi connectivity index (χ1) is 10.0. The molecule has 4 nitrogen and oxygen atoms in total. The molecule has 0 aliphatic heterocycles. The van der Waals surface area contributed by atoms with Gasteiger partial charge in [0.25, 0.3) is 0 Å². The van der Waals surface area contributed by atoms with Crippen LogP contribution in [0.1, 0.15) is 11.1 Å². The monoisotopic (exact) mass is 289 g/mol. The van der Waals surface area contributed by atoms with Crippen LogP contribution in [0, 0.1) is 23.0 Å². The van der Waals surface area contributed by atoms with Crippen molar-refractivity contribution in [2.24, 2.45) is 0 Å². The summed E-state index contributed by atoms with van der Waals surface area (Å²) in [6, 6.07) is 9.51. The Morgan fingerprint density at radius 1 is 1.19 bits per heavy atom. The van der Waals surface area contributed by atoms with E-state index >= 15 is 0 Å². The van der Waals surface area contributed by atoms with Gasteiger partial charge in [0.2, 0.25) is 0 Å². The summed E-state index contributed by atoms with van der Waals surface area (Å²) in [6.45, 7) is -0.179. The van der Waals surface area contributed by atoms with E-state index in [1.54, 1.807) is 6.07 Å². The quantitative estimate of drug-likeness (QED) is 0.826. The van der Waals surface area contributed by atoms with E-state index in [0.717, 1.165) is 12.1 Å². The number of hydrogen-bond donors (Lipinski definition) is 2. The largest absolute Gasteiger partial charge is 0.491 e. The maximum atomic E-state index is 13.8. The van der Waals surface area contributed by atoms with Gasteiger partial charge in [-0.1, -0.05) is 18.2 Å². The third kappa shape index (κ3) is 3.37. The van der Waals surface area contributed by atoms with Gasteiger partial charge in [0.05, 0.1) is 5.56 Å². The van der Waals surface area contributed by atoms with Crippen molar-refractivity contribution < 1.29 is 23.6 Å². The van der Waals surface area contributed by atoms with Crippen LogP contribution in [0.5, 0.6) is 5.75 Å². The molecular formula is C14H10BF2NO3. The average Bonchev–Trinajstić information content (AvgIpc) is 2.46. The summed E-state index contributed by atoms with van der Waals surface area (Å²) in [6.07, 6.45) is 0. The van der Waals surface area contributed by atoms with Crippen LogP contribution in [0.4, 0.5) is 8.78 Å². The molecule has 106 valence electrons. The summed E-state index contributed by atoms with van der Waals surface area (Å²) in [4.78, 5) is 0. The minimum Gasteiger partial charge on any atom is -0.489 e. The highest BCUT2D eigenvalue weighted by atomic mass is 19.1. The van der Waals surface area contributed by atoms with Crippen LogP contribution in [0.15, 0.2) is 36.4 Å². The van der Waals surface area contributed by atoms with Crippen molar-refractivity contribution >= 4 is 12.6 Å². The van der Waals surface area contributed by atoms with Gasteiger partial charge in [-0.3, -0.25) is 0 Å². The second-order valence-corrected chi connectivity index (χ2v) is 4.24. The zero-order chi connectivity index (χ0) is 15.4. The predicted octanol–water partition coefficient (Wildman–Crippen LogP) is 1.10. The molecule has 0 heterocycles. The predicted molar refractivity (Wildman–Crippen MR) is 71.7 cm³/mol. The molecule has 0 bridgehead atoms. The summed E-state index contributed by atoms with van der Waals surface area (Å²) in [5.41, 5.74) is -0.207. The van der Waals surface area contributed by atoms with E-state index in [-0.39, 0.29) is 28.9 Å². The number of nitrogens with zero attached hydrogens (tertiary/aromatic N) is 1. The van der Waals surface area contributed by atoms with Gasteiger partial charge in [-0.2, -0.15) is 5.26 Å². The van der Waals surface area contributed by atoms with E-state index in [2.05, 4.69) is 0 Å². The summed E-state index contributed by atoms with van der Waals surface area (Å²) in [5.74, 6) is -1.41. The molecule has 21 heavy (non-hydrogen) atoms. The molecule has 0 radical (unpaired) electrons. The van der Waals surface area contributed by atoms with Gasteiger partial charge in [0.1, 0.15) is 30.1 Å². The molecule has 0 atom stereocenters. The second kappa shape index (κ2) is 6.35. The molecule has 0 aliphatic rings.